The van der Waals surface area contributed by atoms with E-state index in [0.29, 0.717) is 10.8 Å². The fourth-order valence-corrected chi connectivity index (χ4v) is 2.24. The van der Waals surface area contributed by atoms with E-state index in [1.54, 1.807) is 16.9 Å². The average molecular weight is 286 g/mol. The molecule has 5 heteroatoms. The van der Waals surface area contributed by atoms with Gasteiger partial charge >= 0.3 is 0 Å². The molecule has 0 aliphatic heterocycles. The quantitative estimate of drug-likeness (QED) is 0.753. The predicted molar refractivity (Wildman–Crippen MR) is 77.7 cm³/mol. The van der Waals surface area contributed by atoms with Gasteiger partial charge in [0, 0.05) is 18.0 Å². The van der Waals surface area contributed by atoms with Crippen molar-refractivity contribution in [1.82, 2.24) is 14.8 Å². The fourth-order valence-electron chi connectivity index (χ4n) is 2.07. The largest absolute Gasteiger partial charge is 0.390 e. The number of nitrogens with zero attached hydrogens (tertiary/aromatic N) is 3. The van der Waals surface area contributed by atoms with Gasteiger partial charge in [0.25, 0.3) is 0 Å². The van der Waals surface area contributed by atoms with Crippen LogP contribution in [-0.4, -0.2) is 19.9 Å². The Morgan fingerprint density at radius 2 is 1.90 bits per heavy atom. The summed E-state index contributed by atoms with van der Waals surface area (Å²) in [7, 11) is 0. The van der Waals surface area contributed by atoms with Crippen LogP contribution in [-0.2, 0) is 6.61 Å². The Hall–Kier alpha value is -2.17. The van der Waals surface area contributed by atoms with Gasteiger partial charge in [0.05, 0.1) is 18.0 Å². The molecule has 4 nitrogen and oxygen atoms in total. The topological polar surface area (TPSA) is 50.9 Å². The highest BCUT2D eigenvalue weighted by molar-refractivity contribution is 6.29. The highest BCUT2D eigenvalue weighted by atomic mass is 35.5. The molecule has 0 saturated heterocycles. The minimum Gasteiger partial charge on any atom is -0.390 e. The molecule has 0 bridgehead atoms. The van der Waals surface area contributed by atoms with Gasteiger partial charge in [-0.2, -0.15) is 5.10 Å². The second-order valence-electron chi connectivity index (χ2n) is 4.28. The first-order valence-electron chi connectivity index (χ1n) is 6.14. The zero-order valence-electron chi connectivity index (χ0n) is 10.6. The van der Waals surface area contributed by atoms with Crippen LogP contribution in [0.25, 0.3) is 16.8 Å². The lowest BCUT2D eigenvalue weighted by Crippen LogP contribution is -1.96. The van der Waals surface area contributed by atoms with Crippen LogP contribution in [0.1, 0.15) is 5.69 Å². The van der Waals surface area contributed by atoms with E-state index < -0.39 is 0 Å². The van der Waals surface area contributed by atoms with Crippen LogP contribution < -0.4 is 0 Å². The number of hydrogen-bond acceptors (Lipinski definition) is 3. The number of halogens is 1. The standard InChI is InChI=1S/C15H12ClN3O/c16-15-7-6-13(14(10-20)18-15)11-2-4-12(5-3-11)19-9-1-8-17-19/h1-9,20H,10H2. The van der Waals surface area contributed by atoms with Gasteiger partial charge < -0.3 is 5.11 Å². The van der Waals surface area contributed by atoms with Crippen molar-refractivity contribution in [2.75, 3.05) is 0 Å². The van der Waals surface area contributed by atoms with E-state index in [-0.39, 0.29) is 6.61 Å². The first kappa shape index (κ1) is 12.8. The highest BCUT2D eigenvalue weighted by Gasteiger charge is 2.07. The number of aliphatic hydroxyl groups is 1. The Morgan fingerprint density at radius 3 is 2.55 bits per heavy atom. The molecule has 0 saturated carbocycles. The van der Waals surface area contributed by atoms with Gasteiger partial charge in [-0.1, -0.05) is 23.7 Å². The lowest BCUT2D eigenvalue weighted by molar-refractivity contribution is 0.277. The van der Waals surface area contributed by atoms with Crippen molar-refractivity contribution in [2.45, 2.75) is 6.61 Å². The minimum atomic E-state index is -0.142. The maximum Gasteiger partial charge on any atom is 0.129 e. The molecule has 0 radical (unpaired) electrons. The summed E-state index contributed by atoms with van der Waals surface area (Å²) in [4.78, 5) is 4.14. The number of aromatic nitrogens is 3. The third-order valence-electron chi connectivity index (χ3n) is 3.04. The predicted octanol–water partition coefficient (Wildman–Crippen LogP) is 3.08. The summed E-state index contributed by atoms with van der Waals surface area (Å²) >= 11 is 5.84. The van der Waals surface area contributed by atoms with Crippen LogP contribution in [0, 0.1) is 0 Å². The molecular formula is C15H12ClN3O. The van der Waals surface area contributed by atoms with Crippen molar-refractivity contribution in [3.63, 3.8) is 0 Å². The van der Waals surface area contributed by atoms with E-state index in [4.69, 9.17) is 11.6 Å². The fraction of sp³-hybridized carbons (Fsp3) is 0.0667. The lowest BCUT2D eigenvalue weighted by Gasteiger charge is -2.08. The maximum atomic E-state index is 9.37. The van der Waals surface area contributed by atoms with E-state index >= 15 is 0 Å². The lowest BCUT2D eigenvalue weighted by atomic mass is 10.0. The molecule has 20 heavy (non-hydrogen) atoms. The Labute approximate surface area is 121 Å². The second-order valence-corrected chi connectivity index (χ2v) is 4.67. The summed E-state index contributed by atoms with van der Waals surface area (Å²) in [6, 6.07) is 13.3. The Morgan fingerprint density at radius 1 is 1.10 bits per heavy atom. The van der Waals surface area contributed by atoms with Crippen LogP contribution >= 0.6 is 11.6 Å². The number of aliphatic hydroxyl groups excluding tert-OH is 1. The Balaban J connectivity index is 1.99. The molecule has 0 fully saturated rings. The van der Waals surface area contributed by atoms with E-state index in [9.17, 15) is 5.11 Å². The molecule has 1 N–H and O–H groups in total. The Bertz CT molecular complexity index is 708. The molecule has 100 valence electrons. The van der Waals surface area contributed by atoms with Crippen molar-refractivity contribution in [3.05, 3.63) is 65.7 Å². The average Bonchev–Trinajstić information content (AvgIpc) is 3.01. The minimum absolute atomic E-state index is 0.142. The van der Waals surface area contributed by atoms with Gasteiger partial charge in [0.15, 0.2) is 0 Å². The molecule has 0 aliphatic carbocycles. The SMILES string of the molecule is OCc1nc(Cl)ccc1-c1ccc(-n2cccn2)cc1. The highest BCUT2D eigenvalue weighted by Crippen LogP contribution is 2.25. The summed E-state index contributed by atoms with van der Waals surface area (Å²) in [5.41, 5.74) is 3.41. The monoisotopic (exact) mass is 285 g/mol. The molecule has 3 rings (SSSR count). The van der Waals surface area contributed by atoms with Gasteiger partial charge in [0.2, 0.25) is 0 Å². The van der Waals surface area contributed by atoms with Crippen LogP contribution in [0.3, 0.4) is 0 Å². The molecule has 0 amide bonds. The van der Waals surface area contributed by atoms with Crippen LogP contribution in [0.5, 0.6) is 0 Å². The normalized spacial score (nSPS) is 10.7. The van der Waals surface area contributed by atoms with Gasteiger partial charge in [-0.25, -0.2) is 9.67 Å². The molecule has 0 aliphatic rings. The summed E-state index contributed by atoms with van der Waals surface area (Å²) in [5.74, 6) is 0. The molecule has 2 heterocycles. The molecular weight excluding hydrogens is 274 g/mol. The molecule has 2 aromatic heterocycles. The number of pyridine rings is 1. The third-order valence-corrected chi connectivity index (χ3v) is 3.25. The summed E-state index contributed by atoms with van der Waals surface area (Å²) < 4.78 is 1.79. The molecule has 0 spiro atoms. The van der Waals surface area contributed by atoms with Crippen molar-refractivity contribution in [3.8, 4) is 16.8 Å². The molecule has 1 aromatic carbocycles. The van der Waals surface area contributed by atoms with Gasteiger partial charge in [0.1, 0.15) is 5.15 Å². The van der Waals surface area contributed by atoms with Crippen LogP contribution in [0.2, 0.25) is 5.15 Å². The molecule has 0 unspecified atom stereocenters. The summed E-state index contributed by atoms with van der Waals surface area (Å²) in [6.45, 7) is -0.142. The zero-order valence-corrected chi connectivity index (χ0v) is 11.3. The molecule has 0 atom stereocenters. The van der Waals surface area contributed by atoms with Gasteiger partial charge in [-0.3, -0.25) is 0 Å². The van der Waals surface area contributed by atoms with E-state index in [1.165, 1.54) is 0 Å². The summed E-state index contributed by atoms with van der Waals surface area (Å²) in [6.07, 6.45) is 3.62. The van der Waals surface area contributed by atoms with Gasteiger partial charge in [-0.15, -0.1) is 0 Å². The number of benzene rings is 1. The Kier molecular flexibility index (Phi) is 3.50. The van der Waals surface area contributed by atoms with Crippen LogP contribution in [0.4, 0.5) is 0 Å². The smallest absolute Gasteiger partial charge is 0.129 e. The van der Waals surface area contributed by atoms with E-state index in [2.05, 4.69) is 10.1 Å². The van der Waals surface area contributed by atoms with Crippen molar-refractivity contribution >= 4 is 11.6 Å². The first-order valence-corrected chi connectivity index (χ1v) is 6.52. The zero-order chi connectivity index (χ0) is 13.9. The van der Waals surface area contributed by atoms with Crippen molar-refractivity contribution < 1.29 is 5.11 Å². The van der Waals surface area contributed by atoms with E-state index in [1.807, 2.05) is 42.6 Å². The van der Waals surface area contributed by atoms with Crippen molar-refractivity contribution in [2.24, 2.45) is 0 Å². The third kappa shape index (κ3) is 2.43. The second kappa shape index (κ2) is 5.45. The number of hydrogen-bond donors (Lipinski definition) is 1. The first-order chi connectivity index (χ1) is 9.78. The molecule has 3 aromatic rings. The van der Waals surface area contributed by atoms with E-state index in [0.717, 1.165) is 16.8 Å². The van der Waals surface area contributed by atoms with Crippen LogP contribution in [0.15, 0.2) is 54.9 Å². The van der Waals surface area contributed by atoms with Crippen molar-refractivity contribution in [1.29, 1.82) is 0 Å². The van der Waals surface area contributed by atoms with Gasteiger partial charge in [-0.05, 0) is 35.9 Å². The maximum absolute atomic E-state index is 9.37. The number of rotatable bonds is 3. The summed E-state index contributed by atoms with van der Waals surface area (Å²) in [5, 5.41) is 13.9.